The Hall–Kier alpha value is -1.41. The van der Waals surface area contributed by atoms with E-state index in [2.05, 4.69) is 24.0 Å². The second kappa shape index (κ2) is 3.76. The monoisotopic (exact) mass is 186 g/mol. The van der Waals surface area contributed by atoms with Crippen molar-refractivity contribution in [3.8, 4) is 0 Å². The number of hydrogen-bond donors (Lipinski definition) is 1. The summed E-state index contributed by atoms with van der Waals surface area (Å²) < 4.78 is 0. The highest BCUT2D eigenvalue weighted by Gasteiger charge is 2.08. The first-order chi connectivity index (χ1) is 6.83. The highest BCUT2D eigenvalue weighted by molar-refractivity contribution is 5.84. The molecule has 2 heteroatoms. The smallest absolute Gasteiger partial charge is 0.0522 e. The Morgan fingerprint density at radius 1 is 1.29 bits per heavy atom. The van der Waals surface area contributed by atoms with Gasteiger partial charge in [0.2, 0.25) is 0 Å². The van der Waals surface area contributed by atoms with Crippen molar-refractivity contribution in [1.82, 2.24) is 4.98 Å². The number of rotatable bonds is 2. The molecule has 1 atom stereocenters. The van der Waals surface area contributed by atoms with Gasteiger partial charge in [0, 0.05) is 24.0 Å². The molecule has 1 heterocycles. The Morgan fingerprint density at radius 3 is 2.86 bits per heavy atom. The van der Waals surface area contributed by atoms with E-state index in [1.165, 1.54) is 10.8 Å². The van der Waals surface area contributed by atoms with Gasteiger partial charge in [-0.3, -0.25) is 4.98 Å². The summed E-state index contributed by atoms with van der Waals surface area (Å²) in [4.78, 5) is 4.40. The standard InChI is InChI=1S/C12H14N2/c1-9(8-13)12-11-5-3-2-4-10(11)6-7-14-12/h2-7,9H,8,13H2,1H3/t9-/m1/s1. The van der Waals surface area contributed by atoms with Crippen molar-refractivity contribution in [2.45, 2.75) is 12.8 Å². The third-order valence-corrected chi connectivity index (χ3v) is 2.52. The molecule has 0 unspecified atom stereocenters. The Balaban J connectivity index is 2.65. The highest BCUT2D eigenvalue weighted by Crippen LogP contribution is 2.22. The van der Waals surface area contributed by atoms with Crippen LogP contribution < -0.4 is 5.73 Å². The largest absolute Gasteiger partial charge is 0.330 e. The normalized spacial score (nSPS) is 13.0. The molecule has 0 aliphatic rings. The van der Waals surface area contributed by atoms with Gasteiger partial charge in [-0.1, -0.05) is 31.2 Å². The van der Waals surface area contributed by atoms with Crippen molar-refractivity contribution in [1.29, 1.82) is 0 Å². The molecule has 14 heavy (non-hydrogen) atoms. The zero-order chi connectivity index (χ0) is 9.97. The highest BCUT2D eigenvalue weighted by atomic mass is 14.7. The SMILES string of the molecule is C[C@H](CN)c1nccc2ccccc12. The molecular weight excluding hydrogens is 172 g/mol. The number of benzene rings is 1. The summed E-state index contributed by atoms with van der Waals surface area (Å²) in [6.45, 7) is 2.75. The van der Waals surface area contributed by atoms with Crippen molar-refractivity contribution in [3.63, 3.8) is 0 Å². The lowest BCUT2D eigenvalue weighted by Gasteiger charge is -2.10. The van der Waals surface area contributed by atoms with Gasteiger partial charge in [0.25, 0.3) is 0 Å². The molecule has 72 valence electrons. The quantitative estimate of drug-likeness (QED) is 0.781. The van der Waals surface area contributed by atoms with Crippen LogP contribution in [0.2, 0.25) is 0 Å². The number of fused-ring (bicyclic) bond motifs is 1. The maximum absolute atomic E-state index is 5.66. The van der Waals surface area contributed by atoms with Gasteiger partial charge in [-0.25, -0.2) is 0 Å². The maximum atomic E-state index is 5.66. The van der Waals surface area contributed by atoms with Crippen LogP contribution in [0.5, 0.6) is 0 Å². The predicted molar refractivity (Wildman–Crippen MR) is 59.2 cm³/mol. The number of aromatic nitrogens is 1. The molecule has 0 saturated carbocycles. The summed E-state index contributed by atoms with van der Waals surface area (Å²) in [5.74, 6) is 0.320. The van der Waals surface area contributed by atoms with Crippen LogP contribution in [0.4, 0.5) is 0 Å². The van der Waals surface area contributed by atoms with E-state index in [1.807, 2.05) is 24.4 Å². The van der Waals surface area contributed by atoms with Crippen molar-refractivity contribution in [2.75, 3.05) is 6.54 Å². The summed E-state index contributed by atoms with van der Waals surface area (Å²) in [5.41, 5.74) is 6.76. The molecule has 0 aliphatic carbocycles. The Labute approximate surface area is 83.8 Å². The fourth-order valence-corrected chi connectivity index (χ4v) is 1.65. The molecule has 2 N–H and O–H groups in total. The van der Waals surface area contributed by atoms with Crippen molar-refractivity contribution in [3.05, 3.63) is 42.2 Å². The molecule has 0 spiro atoms. The molecule has 2 aromatic rings. The maximum Gasteiger partial charge on any atom is 0.0522 e. The van der Waals surface area contributed by atoms with E-state index >= 15 is 0 Å². The van der Waals surface area contributed by atoms with Gasteiger partial charge < -0.3 is 5.73 Å². The number of nitrogens with two attached hydrogens (primary N) is 1. The molecule has 0 radical (unpaired) electrons. The topological polar surface area (TPSA) is 38.9 Å². The van der Waals surface area contributed by atoms with Gasteiger partial charge in [-0.15, -0.1) is 0 Å². The summed E-state index contributed by atoms with van der Waals surface area (Å²) in [6, 6.07) is 10.3. The molecule has 0 aliphatic heterocycles. The molecule has 0 amide bonds. The summed E-state index contributed by atoms with van der Waals surface area (Å²) >= 11 is 0. The minimum absolute atomic E-state index is 0.320. The van der Waals surface area contributed by atoms with E-state index in [-0.39, 0.29) is 0 Å². The zero-order valence-electron chi connectivity index (χ0n) is 8.27. The molecule has 1 aromatic heterocycles. The van der Waals surface area contributed by atoms with Crippen molar-refractivity contribution < 1.29 is 0 Å². The molecule has 2 rings (SSSR count). The lowest BCUT2D eigenvalue weighted by molar-refractivity contribution is 0.753. The van der Waals surface area contributed by atoms with Gasteiger partial charge in [0.15, 0.2) is 0 Å². The zero-order valence-corrected chi connectivity index (χ0v) is 8.27. The van der Waals surface area contributed by atoms with E-state index in [0.29, 0.717) is 12.5 Å². The van der Waals surface area contributed by atoms with Crippen LogP contribution in [0.3, 0.4) is 0 Å². The Kier molecular flexibility index (Phi) is 2.46. The third kappa shape index (κ3) is 1.49. The number of pyridine rings is 1. The van der Waals surface area contributed by atoms with Crippen LogP contribution in [0.25, 0.3) is 10.8 Å². The summed E-state index contributed by atoms with van der Waals surface area (Å²) in [6.07, 6.45) is 1.85. The van der Waals surface area contributed by atoms with Crippen molar-refractivity contribution >= 4 is 10.8 Å². The third-order valence-electron chi connectivity index (χ3n) is 2.52. The first kappa shape index (κ1) is 9.16. The average Bonchev–Trinajstić information content (AvgIpc) is 2.27. The Bertz CT molecular complexity index is 432. The van der Waals surface area contributed by atoms with E-state index in [0.717, 1.165) is 5.69 Å². The number of nitrogens with zero attached hydrogens (tertiary/aromatic N) is 1. The lowest BCUT2D eigenvalue weighted by atomic mass is 10.0. The fourth-order valence-electron chi connectivity index (χ4n) is 1.65. The van der Waals surface area contributed by atoms with Crippen LogP contribution in [0, 0.1) is 0 Å². The van der Waals surface area contributed by atoms with Crippen LogP contribution in [0.1, 0.15) is 18.5 Å². The lowest BCUT2D eigenvalue weighted by Crippen LogP contribution is -2.10. The van der Waals surface area contributed by atoms with E-state index in [4.69, 9.17) is 5.73 Å². The van der Waals surface area contributed by atoms with Crippen LogP contribution >= 0.6 is 0 Å². The van der Waals surface area contributed by atoms with Crippen LogP contribution in [-0.2, 0) is 0 Å². The van der Waals surface area contributed by atoms with Crippen molar-refractivity contribution in [2.24, 2.45) is 5.73 Å². The van der Waals surface area contributed by atoms with Gasteiger partial charge in [-0.05, 0) is 11.5 Å². The molecule has 0 bridgehead atoms. The summed E-state index contributed by atoms with van der Waals surface area (Å²) in [5, 5.41) is 2.45. The average molecular weight is 186 g/mol. The van der Waals surface area contributed by atoms with Gasteiger partial charge in [-0.2, -0.15) is 0 Å². The minimum Gasteiger partial charge on any atom is -0.330 e. The molecule has 2 nitrogen and oxygen atoms in total. The van der Waals surface area contributed by atoms with Gasteiger partial charge in [0.05, 0.1) is 5.69 Å². The van der Waals surface area contributed by atoms with E-state index < -0.39 is 0 Å². The van der Waals surface area contributed by atoms with Gasteiger partial charge in [0.1, 0.15) is 0 Å². The van der Waals surface area contributed by atoms with Crippen LogP contribution in [-0.4, -0.2) is 11.5 Å². The first-order valence-corrected chi connectivity index (χ1v) is 4.86. The van der Waals surface area contributed by atoms with E-state index in [9.17, 15) is 0 Å². The number of hydrogen-bond acceptors (Lipinski definition) is 2. The minimum atomic E-state index is 0.320. The van der Waals surface area contributed by atoms with Gasteiger partial charge >= 0.3 is 0 Å². The Morgan fingerprint density at radius 2 is 2.07 bits per heavy atom. The summed E-state index contributed by atoms with van der Waals surface area (Å²) in [7, 11) is 0. The molecule has 0 fully saturated rings. The first-order valence-electron chi connectivity index (χ1n) is 4.86. The fraction of sp³-hybridized carbons (Fsp3) is 0.250. The predicted octanol–water partition coefficient (Wildman–Crippen LogP) is 2.30. The van der Waals surface area contributed by atoms with E-state index in [1.54, 1.807) is 0 Å². The molecular formula is C12H14N2. The molecule has 1 aromatic carbocycles. The second-order valence-electron chi connectivity index (χ2n) is 3.55. The molecule has 0 saturated heterocycles. The second-order valence-corrected chi connectivity index (χ2v) is 3.55. The van der Waals surface area contributed by atoms with Crippen LogP contribution in [0.15, 0.2) is 36.5 Å².